The van der Waals surface area contributed by atoms with E-state index in [4.69, 9.17) is 5.73 Å². The molecule has 17 heavy (non-hydrogen) atoms. The molecule has 1 aromatic heterocycles. The lowest BCUT2D eigenvalue weighted by Crippen LogP contribution is -2.29. The maximum absolute atomic E-state index is 12.1. The van der Waals surface area contributed by atoms with E-state index in [9.17, 15) is 4.79 Å². The van der Waals surface area contributed by atoms with E-state index in [2.05, 4.69) is 16.8 Å². The molecule has 1 heterocycles. The average molecular weight is 234 g/mol. The van der Waals surface area contributed by atoms with Gasteiger partial charge in [-0.2, -0.15) is 5.10 Å². The number of aromatic amines is 1. The molecule has 0 bridgehead atoms. The molecule has 0 unspecified atom stereocenters. The minimum Gasteiger partial charge on any atom is -0.395 e. The van der Waals surface area contributed by atoms with E-state index in [-0.39, 0.29) is 5.91 Å². The quantitative estimate of drug-likeness (QED) is 0.775. The van der Waals surface area contributed by atoms with Gasteiger partial charge in [-0.25, -0.2) is 0 Å². The molecule has 5 heteroatoms. The fraction of sp³-hybridized carbons (Fsp3) is 0.500. The largest absolute Gasteiger partial charge is 0.395 e. The van der Waals surface area contributed by atoms with Gasteiger partial charge in [-0.15, -0.1) is 0 Å². The molecule has 0 radical (unpaired) electrons. The first-order chi connectivity index (χ1) is 8.00. The Hall–Kier alpha value is -1.78. The summed E-state index contributed by atoms with van der Waals surface area (Å²) in [6, 6.07) is 0. The summed E-state index contributed by atoms with van der Waals surface area (Å²) in [6.45, 7) is 6.18. The van der Waals surface area contributed by atoms with Gasteiger partial charge in [0.2, 0.25) is 0 Å². The Balaban J connectivity index is 2.16. The number of H-pyrrole nitrogens is 1. The van der Waals surface area contributed by atoms with Crippen LogP contribution < -0.4 is 5.73 Å². The van der Waals surface area contributed by atoms with Gasteiger partial charge in [-0.1, -0.05) is 12.2 Å². The van der Waals surface area contributed by atoms with Gasteiger partial charge in [0.1, 0.15) is 0 Å². The van der Waals surface area contributed by atoms with E-state index >= 15 is 0 Å². The van der Waals surface area contributed by atoms with Crippen LogP contribution in [0.5, 0.6) is 0 Å². The highest BCUT2D eigenvalue weighted by Gasteiger charge is 2.30. The monoisotopic (exact) mass is 234 g/mol. The van der Waals surface area contributed by atoms with Crippen molar-refractivity contribution >= 4 is 11.6 Å². The topological polar surface area (TPSA) is 75.0 Å². The molecular weight excluding hydrogens is 216 g/mol. The first kappa shape index (κ1) is 11.7. The van der Waals surface area contributed by atoms with E-state index < -0.39 is 0 Å². The molecule has 1 saturated carbocycles. The lowest BCUT2D eigenvalue weighted by Gasteiger charge is -2.15. The molecule has 1 amide bonds. The van der Waals surface area contributed by atoms with Crippen LogP contribution in [0.2, 0.25) is 0 Å². The van der Waals surface area contributed by atoms with Crippen LogP contribution in [0.4, 0.5) is 5.69 Å². The number of nitrogen functional groups attached to an aromatic ring is 1. The van der Waals surface area contributed by atoms with Crippen LogP contribution >= 0.6 is 0 Å². The fourth-order valence-electron chi connectivity index (χ4n) is 1.87. The summed E-state index contributed by atoms with van der Waals surface area (Å²) in [7, 11) is 1.72. The van der Waals surface area contributed by atoms with Crippen molar-refractivity contribution in [3.8, 4) is 0 Å². The Morgan fingerprint density at radius 3 is 2.82 bits per heavy atom. The Morgan fingerprint density at radius 1 is 1.65 bits per heavy atom. The highest BCUT2D eigenvalue weighted by molar-refractivity contribution is 5.97. The molecule has 5 nitrogen and oxygen atoms in total. The third-order valence-electron chi connectivity index (χ3n) is 2.88. The molecule has 0 saturated heterocycles. The lowest BCUT2D eigenvalue weighted by molar-refractivity contribution is 0.0802. The zero-order chi connectivity index (χ0) is 12.6. The number of nitrogens with one attached hydrogen (secondary N) is 1. The number of hydrogen-bond acceptors (Lipinski definition) is 3. The van der Waals surface area contributed by atoms with Gasteiger partial charge in [-0.05, 0) is 19.8 Å². The third-order valence-corrected chi connectivity index (χ3v) is 2.88. The van der Waals surface area contributed by atoms with Crippen LogP contribution in [0.1, 0.15) is 41.9 Å². The molecule has 92 valence electrons. The summed E-state index contributed by atoms with van der Waals surface area (Å²) in [6.07, 6.45) is 2.25. The SMILES string of the molecule is C=C(C)CN(C)C(=O)c1n[nH]c(C2CC2)c1N. The van der Waals surface area contributed by atoms with Crippen LogP contribution in [0, 0.1) is 0 Å². The minimum atomic E-state index is -0.159. The van der Waals surface area contributed by atoms with Crippen molar-refractivity contribution < 1.29 is 4.79 Å². The number of nitrogens with two attached hydrogens (primary N) is 1. The number of amides is 1. The molecule has 2 rings (SSSR count). The Morgan fingerprint density at radius 2 is 2.29 bits per heavy atom. The summed E-state index contributed by atoms with van der Waals surface area (Å²) in [5, 5.41) is 6.91. The van der Waals surface area contributed by atoms with Crippen molar-refractivity contribution in [2.75, 3.05) is 19.3 Å². The molecule has 3 N–H and O–H groups in total. The highest BCUT2D eigenvalue weighted by atomic mass is 16.2. The summed E-state index contributed by atoms with van der Waals surface area (Å²) >= 11 is 0. The summed E-state index contributed by atoms with van der Waals surface area (Å²) < 4.78 is 0. The van der Waals surface area contributed by atoms with Gasteiger partial charge in [0, 0.05) is 19.5 Å². The van der Waals surface area contributed by atoms with E-state index in [1.807, 2.05) is 6.92 Å². The summed E-state index contributed by atoms with van der Waals surface area (Å²) in [4.78, 5) is 13.7. The zero-order valence-corrected chi connectivity index (χ0v) is 10.3. The van der Waals surface area contributed by atoms with Gasteiger partial charge in [0.05, 0.1) is 11.4 Å². The molecule has 0 atom stereocenters. The molecule has 1 aliphatic carbocycles. The predicted octanol–water partition coefficient (Wildman–Crippen LogP) is 1.52. The van der Waals surface area contributed by atoms with Gasteiger partial charge in [0.25, 0.3) is 5.91 Å². The Kier molecular flexibility index (Phi) is 2.92. The van der Waals surface area contributed by atoms with Gasteiger partial charge >= 0.3 is 0 Å². The average Bonchev–Trinajstić information content (AvgIpc) is 3.01. The van der Waals surface area contributed by atoms with E-state index in [1.165, 1.54) is 0 Å². The van der Waals surface area contributed by atoms with Gasteiger partial charge in [-0.3, -0.25) is 9.89 Å². The van der Waals surface area contributed by atoms with E-state index in [1.54, 1.807) is 11.9 Å². The molecule has 0 aliphatic heterocycles. The number of nitrogens with zero attached hydrogens (tertiary/aromatic N) is 2. The second kappa shape index (κ2) is 4.24. The normalized spacial score (nSPS) is 14.7. The zero-order valence-electron chi connectivity index (χ0n) is 10.3. The lowest BCUT2D eigenvalue weighted by atomic mass is 10.2. The van der Waals surface area contributed by atoms with Crippen molar-refractivity contribution in [3.63, 3.8) is 0 Å². The predicted molar refractivity (Wildman–Crippen MR) is 66.7 cm³/mol. The standard InChI is InChI=1S/C12H18N4O/c1-7(2)6-16(3)12(17)11-9(13)10(14-15-11)8-4-5-8/h8H,1,4-6,13H2,2-3H3,(H,14,15). The number of likely N-dealkylation sites (N-methyl/N-ethyl adjacent to an activating group) is 1. The van der Waals surface area contributed by atoms with E-state index in [0.717, 1.165) is 24.1 Å². The summed E-state index contributed by atoms with van der Waals surface area (Å²) in [5.41, 5.74) is 8.63. The Bertz CT molecular complexity index is 459. The number of carbonyl (C=O) groups is 1. The van der Waals surface area contributed by atoms with Gasteiger partial charge in [0.15, 0.2) is 5.69 Å². The minimum absolute atomic E-state index is 0.159. The highest BCUT2D eigenvalue weighted by Crippen LogP contribution is 2.42. The van der Waals surface area contributed by atoms with Crippen molar-refractivity contribution in [3.05, 3.63) is 23.5 Å². The molecule has 1 fully saturated rings. The van der Waals surface area contributed by atoms with Crippen LogP contribution in [0.25, 0.3) is 0 Å². The van der Waals surface area contributed by atoms with Crippen molar-refractivity contribution in [1.82, 2.24) is 15.1 Å². The van der Waals surface area contributed by atoms with Crippen molar-refractivity contribution in [2.24, 2.45) is 0 Å². The number of carbonyl (C=O) groups excluding carboxylic acids is 1. The van der Waals surface area contributed by atoms with Crippen LogP contribution in [-0.2, 0) is 0 Å². The first-order valence-electron chi connectivity index (χ1n) is 5.74. The summed E-state index contributed by atoms with van der Waals surface area (Å²) in [5.74, 6) is 0.309. The first-order valence-corrected chi connectivity index (χ1v) is 5.74. The van der Waals surface area contributed by atoms with Crippen LogP contribution in [-0.4, -0.2) is 34.6 Å². The number of hydrogen-bond donors (Lipinski definition) is 2. The molecule has 1 aromatic rings. The molecule has 1 aliphatic rings. The van der Waals surface area contributed by atoms with Crippen LogP contribution in [0.15, 0.2) is 12.2 Å². The third kappa shape index (κ3) is 2.33. The molecule has 0 aromatic carbocycles. The Labute approximate surface area is 101 Å². The smallest absolute Gasteiger partial charge is 0.276 e. The molecular formula is C12H18N4O. The fourth-order valence-corrected chi connectivity index (χ4v) is 1.87. The second-order valence-corrected chi connectivity index (χ2v) is 4.79. The molecule has 0 spiro atoms. The maximum atomic E-state index is 12.1. The van der Waals surface area contributed by atoms with E-state index in [0.29, 0.717) is 23.8 Å². The number of aromatic nitrogens is 2. The van der Waals surface area contributed by atoms with Gasteiger partial charge < -0.3 is 10.6 Å². The number of anilines is 1. The van der Waals surface area contributed by atoms with Crippen molar-refractivity contribution in [1.29, 1.82) is 0 Å². The van der Waals surface area contributed by atoms with Crippen LogP contribution in [0.3, 0.4) is 0 Å². The van der Waals surface area contributed by atoms with Crippen molar-refractivity contribution in [2.45, 2.75) is 25.7 Å². The maximum Gasteiger partial charge on any atom is 0.276 e. The number of rotatable bonds is 4. The second-order valence-electron chi connectivity index (χ2n) is 4.79.